The Kier molecular flexibility index (Phi) is 11.3. The highest BCUT2D eigenvalue weighted by molar-refractivity contribution is 5.85. The van der Waals surface area contributed by atoms with Gasteiger partial charge in [0.2, 0.25) is 0 Å². The lowest BCUT2D eigenvalue weighted by Gasteiger charge is -2.42. The number of benzene rings is 1. The summed E-state index contributed by atoms with van der Waals surface area (Å²) in [4.78, 5) is 7.97. The molecule has 1 aliphatic carbocycles. The first kappa shape index (κ1) is 29.6. The molecule has 1 saturated carbocycles. The summed E-state index contributed by atoms with van der Waals surface area (Å²) in [6.45, 7) is 19.6. The van der Waals surface area contributed by atoms with Gasteiger partial charge in [0.1, 0.15) is 0 Å². The van der Waals surface area contributed by atoms with E-state index in [0.717, 1.165) is 13.1 Å². The number of ether oxygens (including phenoxy) is 1. The third kappa shape index (κ3) is 7.11. The van der Waals surface area contributed by atoms with Gasteiger partial charge in [0, 0.05) is 50.6 Å². The average Bonchev–Trinajstić information content (AvgIpc) is 2.88. The van der Waals surface area contributed by atoms with Crippen molar-refractivity contribution < 1.29 is 4.74 Å². The molecule has 0 spiro atoms. The molecule has 1 aromatic carbocycles. The summed E-state index contributed by atoms with van der Waals surface area (Å²) < 4.78 is 6.04. The van der Waals surface area contributed by atoms with E-state index in [-0.39, 0.29) is 12.4 Å². The van der Waals surface area contributed by atoms with Crippen LogP contribution in [0.5, 0.6) is 0 Å². The number of hydrogen-bond acceptors (Lipinski definition) is 4. The lowest BCUT2D eigenvalue weighted by molar-refractivity contribution is -0.00522. The van der Waals surface area contributed by atoms with Crippen LogP contribution in [0, 0.1) is 5.41 Å². The number of halogens is 1. The van der Waals surface area contributed by atoms with Crippen LogP contribution >= 0.6 is 12.4 Å². The third-order valence-electron chi connectivity index (χ3n) is 9.57. The smallest absolute Gasteiger partial charge is 0.0726 e. The van der Waals surface area contributed by atoms with Crippen molar-refractivity contribution in [2.24, 2.45) is 5.41 Å². The molecule has 1 aromatic rings. The standard InChI is InChI=1S/C31H53N3O.ClH/c1-6-9-10-17-32-18-20-33(21-19-32)30-12-11-28(34-23-25(4)35-26(5)24-34)22-29(30)27-13-15-31(7-2,8-3)16-14-27;/h11-12,22,25-27H,6-10,13-21,23-24H2,1-5H3;1H/t25-,26+;. The maximum atomic E-state index is 6.04. The van der Waals surface area contributed by atoms with E-state index < -0.39 is 0 Å². The number of rotatable bonds is 9. The predicted octanol–water partition coefficient (Wildman–Crippen LogP) is 7.50. The van der Waals surface area contributed by atoms with Gasteiger partial charge < -0.3 is 14.5 Å². The molecule has 0 bridgehead atoms. The molecule has 206 valence electrons. The van der Waals surface area contributed by atoms with Crippen molar-refractivity contribution in [2.45, 2.75) is 111 Å². The van der Waals surface area contributed by atoms with Gasteiger partial charge in [0.15, 0.2) is 0 Å². The van der Waals surface area contributed by atoms with Gasteiger partial charge in [-0.05, 0) is 87.6 Å². The molecule has 2 heterocycles. The summed E-state index contributed by atoms with van der Waals surface area (Å²) in [5.41, 5.74) is 5.16. The number of morpholine rings is 1. The van der Waals surface area contributed by atoms with Gasteiger partial charge in [0.05, 0.1) is 12.2 Å². The third-order valence-corrected chi connectivity index (χ3v) is 9.57. The summed E-state index contributed by atoms with van der Waals surface area (Å²) in [7, 11) is 0. The molecule has 5 heteroatoms. The largest absolute Gasteiger partial charge is 0.372 e. The summed E-state index contributed by atoms with van der Waals surface area (Å²) in [5.74, 6) is 0.703. The number of anilines is 2. The molecule has 0 amide bonds. The van der Waals surface area contributed by atoms with E-state index in [1.165, 1.54) is 102 Å². The Morgan fingerprint density at radius 2 is 1.50 bits per heavy atom. The van der Waals surface area contributed by atoms with Crippen LogP contribution < -0.4 is 9.80 Å². The van der Waals surface area contributed by atoms with Gasteiger partial charge in [-0.3, -0.25) is 4.90 Å². The second-order valence-electron chi connectivity index (χ2n) is 11.9. The van der Waals surface area contributed by atoms with Crippen LogP contribution in [0.3, 0.4) is 0 Å². The fourth-order valence-electron chi connectivity index (χ4n) is 7.04. The highest BCUT2D eigenvalue weighted by Crippen LogP contribution is 2.49. The predicted molar refractivity (Wildman–Crippen MR) is 158 cm³/mol. The maximum absolute atomic E-state index is 6.04. The van der Waals surface area contributed by atoms with Gasteiger partial charge in [-0.2, -0.15) is 0 Å². The van der Waals surface area contributed by atoms with Gasteiger partial charge in [-0.25, -0.2) is 0 Å². The van der Waals surface area contributed by atoms with Crippen molar-refractivity contribution in [3.63, 3.8) is 0 Å². The normalized spacial score (nSPS) is 25.6. The van der Waals surface area contributed by atoms with Gasteiger partial charge in [-0.1, -0.05) is 46.5 Å². The Morgan fingerprint density at radius 1 is 0.861 bits per heavy atom. The molecule has 0 radical (unpaired) electrons. The van der Waals surface area contributed by atoms with E-state index in [1.54, 1.807) is 5.56 Å². The minimum atomic E-state index is 0. The van der Waals surface area contributed by atoms with E-state index in [1.807, 2.05) is 0 Å². The SMILES string of the molecule is CCCCCN1CCN(c2ccc(N3C[C@@H](C)O[C@@H](C)C3)cc2C2CCC(CC)(CC)CC2)CC1.Cl. The number of unbranched alkanes of at least 4 members (excludes halogenated alkanes) is 2. The lowest BCUT2D eigenvalue weighted by Crippen LogP contribution is -2.47. The van der Waals surface area contributed by atoms with E-state index in [9.17, 15) is 0 Å². The Balaban J connectivity index is 0.00000361. The number of piperazine rings is 1. The highest BCUT2D eigenvalue weighted by atomic mass is 35.5. The maximum Gasteiger partial charge on any atom is 0.0726 e. The molecule has 2 aliphatic heterocycles. The molecule has 0 aromatic heterocycles. The fourth-order valence-corrected chi connectivity index (χ4v) is 7.04. The first-order valence-electron chi connectivity index (χ1n) is 15.0. The summed E-state index contributed by atoms with van der Waals surface area (Å²) >= 11 is 0. The van der Waals surface area contributed by atoms with E-state index in [2.05, 4.69) is 67.5 Å². The molecule has 4 nitrogen and oxygen atoms in total. The summed E-state index contributed by atoms with van der Waals surface area (Å²) in [6, 6.07) is 7.47. The molecular formula is C31H54ClN3O. The second kappa shape index (κ2) is 13.7. The van der Waals surface area contributed by atoms with Crippen LogP contribution in [0.25, 0.3) is 0 Å². The van der Waals surface area contributed by atoms with E-state index in [0.29, 0.717) is 23.5 Å². The van der Waals surface area contributed by atoms with Crippen LogP contribution in [0.2, 0.25) is 0 Å². The van der Waals surface area contributed by atoms with Crippen molar-refractivity contribution in [1.29, 1.82) is 0 Å². The van der Waals surface area contributed by atoms with Crippen LogP contribution in [0.15, 0.2) is 18.2 Å². The van der Waals surface area contributed by atoms with Gasteiger partial charge in [-0.15, -0.1) is 12.4 Å². The zero-order valence-electron chi connectivity index (χ0n) is 23.9. The van der Waals surface area contributed by atoms with Crippen molar-refractivity contribution in [3.05, 3.63) is 23.8 Å². The zero-order chi connectivity index (χ0) is 24.8. The summed E-state index contributed by atoms with van der Waals surface area (Å²) in [6.07, 6.45) is 12.8. The van der Waals surface area contributed by atoms with Crippen LogP contribution in [0.1, 0.15) is 104 Å². The first-order valence-corrected chi connectivity index (χ1v) is 15.0. The molecular weight excluding hydrogens is 466 g/mol. The Labute approximate surface area is 228 Å². The van der Waals surface area contributed by atoms with E-state index >= 15 is 0 Å². The minimum absolute atomic E-state index is 0. The second-order valence-corrected chi connectivity index (χ2v) is 11.9. The zero-order valence-corrected chi connectivity index (χ0v) is 24.8. The summed E-state index contributed by atoms with van der Waals surface area (Å²) in [5, 5.41) is 0. The quantitative estimate of drug-likeness (QED) is 0.314. The van der Waals surface area contributed by atoms with Crippen LogP contribution in [-0.4, -0.2) is 62.9 Å². The molecule has 4 rings (SSSR count). The fraction of sp³-hybridized carbons (Fsp3) is 0.806. The Bertz CT molecular complexity index is 770. The number of nitrogens with zero attached hydrogens (tertiary/aromatic N) is 3. The van der Waals surface area contributed by atoms with Crippen molar-refractivity contribution >= 4 is 23.8 Å². The molecule has 3 fully saturated rings. The molecule has 0 N–H and O–H groups in total. The topological polar surface area (TPSA) is 19.0 Å². The minimum Gasteiger partial charge on any atom is -0.372 e. The molecule has 3 aliphatic rings. The Morgan fingerprint density at radius 3 is 2.08 bits per heavy atom. The van der Waals surface area contributed by atoms with Crippen LogP contribution in [0.4, 0.5) is 11.4 Å². The highest BCUT2D eigenvalue weighted by Gasteiger charge is 2.34. The van der Waals surface area contributed by atoms with Gasteiger partial charge >= 0.3 is 0 Å². The molecule has 0 unspecified atom stereocenters. The number of hydrogen-bond donors (Lipinski definition) is 0. The average molecular weight is 520 g/mol. The van der Waals surface area contributed by atoms with Crippen molar-refractivity contribution in [1.82, 2.24) is 4.90 Å². The van der Waals surface area contributed by atoms with Crippen LogP contribution in [-0.2, 0) is 4.74 Å². The monoisotopic (exact) mass is 519 g/mol. The van der Waals surface area contributed by atoms with E-state index in [4.69, 9.17) is 4.74 Å². The first-order chi connectivity index (χ1) is 17.0. The molecule has 2 saturated heterocycles. The van der Waals surface area contributed by atoms with Crippen molar-refractivity contribution in [2.75, 3.05) is 55.6 Å². The Hall–Kier alpha value is -0.970. The van der Waals surface area contributed by atoms with Gasteiger partial charge in [0.25, 0.3) is 0 Å². The molecule has 36 heavy (non-hydrogen) atoms. The molecule has 2 atom stereocenters. The van der Waals surface area contributed by atoms with Crippen molar-refractivity contribution in [3.8, 4) is 0 Å². The lowest BCUT2D eigenvalue weighted by atomic mass is 9.66.